The van der Waals surface area contributed by atoms with Crippen LogP contribution in [0.2, 0.25) is 0 Å². The summed E-state index contributed by atoms with van der Waals surface area (Å²) in [5.74, 6) is 0.199. The smallest absolute Gasteiger partial charge is 0.453 e. The number of hydrogen-bond donors (Lipinski definition) is 0. The number of methoxy groups -OCH3 is 1. The molecule has 1 saturated carbocycles. The lowest BCUT2D eigenvalue weighted by molar-refractivity contribution is -0.126. The number of nitrogens with zero attached hydrogens (tertiary/aromatic N) is 3. The molecule has 6 rings (SSSR count). The molecule has 1 aliphatic carbocycles. The number of ether oxygens (including phenoxy) is 1. The third-order valence-corrected chi connectivity index (χ3v) is 10.4. The first-order valence-electron chi connectivity index (χ1n) is 14.5. The molecule has 38 heavy (non-hydrogen) atoms. The fourth-order valence-corrected chi connectivity index (χ4v) is 7.13. The zero-order chi connectivity index (χ0) is 26.9. The molecule has 1 aromatic carbocycles. The van der Waals surface area contributed by atoms with Crippen LogP contribution in [0.3, 0.4) is 0 Å². The van der Waals surface area contributed by atoms with E-state index in [-0.39, 0.29) is 18.0 Å². The van der Waals surface area contributed by atoms with Gasteiger partial charge in [-0.1, -0.05) is 18.6 Å². The van der Waals surface area contributed by atoms with Crippen LogP contribution in [0.4, 0.5) is 10.5 Å². The van der Waals surface area contributed by atoms with Crippen LogP contribution < -0.4 is 10.4 Å². The molecule has 9 heteroatoms. The second kappa shape index (κ2) is 9.24. The Bertz CT molecular complexity index is 1090. The predicted octanol–water partition coefficient (Wildman–Crippen LogP) is 3.45. The van der Waals surface area contributed by atoms with E-state index in [1.807, 2.05) is 0 Å². The fraction of sp³-hybridized carbons (Fsp3) is 0.724. The summed E-state index contributed by atoms with van der Waals surface area (Å²) in [5.41, 5.74) is 1.61. The maximum Gasteiger partial charge on any atom is 0.494 e. The van der Waals surface area contributed by atoms with Gasteiger partial charge in [0, 0.05) is 30.9 Å². The van der Waals surface area contributed by atoms with Crippen LogP contribution in [-0.4, -0.2) is 85.5 Å². The van der Waals surface area contributed by atoms with Crippen molar-refractivity contribution in [3.8, 4) is 0 Å². The van der Waals surface area contributed by atoms with Gasteiger partial charge in [-0.2, -0.15) is 0 Å². The number of hydrogen-bond acceptors (Lipinski definition) is 6. The van der Waals surface area contributed by atoms with E-state index in [9.17, 15) is 9.59 Å². The minimum atomic E-state index is -0.593. The molecule has 4 aliphatic heterocycles. The summed E-state index contributed by atoms with van der Waals surface area (Å²) in [7, 11) is 0.944. The van der Waals surface area contributed by atoms with Gasteiger partial charge in [0.1, 0.15) is 0 Å². The molecule has 0 bridgehead atoms. The van der Waals surface area contributed by atoms with Gasteiger partial charge >= 0.3 is 13.2 Å². The monoisotopic (exact) mass is 523 g/mol. The number of anilines is 1. The van der Waals surface area contributed by atoms with E-state index < -0.39 is 23.7 Å². The lowest BCUT2D eigenvalue weighted by Crippen LogP contribution is -2.58. The molecule has 4 fully saturated rings. The van der Waals surface area contributed by atoms with E-state index in [0.717, 1.165) is 29.6 Å². The van der Waals surface area contributed by atoms with Crippen molar-refractivity contribution in [3.05, 3.63) is 23.8 Å². The van der Waals surface area contributed by atoms with E-state index >= 15 is 0 Å². The topological polar surface area (TPSA) is 71.6 Å². The average Bonchev–Trinajstić information content (AvgIpc) is 3.24. The summed E-state index contributed by atoms with van der Waals surface area (Å²) in [6.07, 6.45) is 6.85. The quantitative estimate of drug-likeness (QED) is 0.566. The maximum absolute atomic E-state index is 14.4. The third-order valence-electron chi connectivity index (χ3n) is 10.4. The van der Waals surface area contributed by atoms with E-state index in [1.165, 1.54) is 39.5 Å². The first kappa shape index (κ1) is 26.1. The summed E-state index contributed by atoms with van der Waals surface area (Å²) in [6, 6.07) is 7.12. The minimum absolute atomic E-state index is 0.199. The van der Waals surface area contributed by atoms with E-state index in [2.05, 4.69) is 55.7 Å². The number of rotatable bonds is 3. The van der Waals surface area contributed by atoms with Crippen molar-refractivity contribution in [2.24, 2.45) is 0 Å². The first-order chi connectivity index (χ1) is 18.1. The SMILES string of the molecule is COC(=O)N1CCC2(CC1)C(=O)N([C@H]1C[C@@H](N3CCCCC3)C1)c1cc(B3OC(C)(C)C(C)(C)O3)ccc12. The number of likely N-dealkylation sites (tertiary alicyclic amines) is 2. The Morgan fingerprint density at radius 2 is 1.58 bits per heavy atom. The molecule has 0 radical (unpaired) electrons. The van der Waals surface area contributed by atoms with E-state index in [0.29, 0.717) is 32.0 Å². The van der Waals surface area contributed by atoms with Crippen molar-refractivity contribution < 1.29 is 23.6 Å². The zero-order valence-corrected chi connectivity index (χ0v) is 23.6. The van der Waals surface area contributed by atoms with Gasteiger partial charge in [-0.25, -0.2) is 4.79 Å². The second-order valence-corrected chi connectivity index (χ2v) is 13.0. The Morgan fingerprint density at radius 3 is 2.18 bits per heavy atom. The molecule has 0 atom stereocenters. The van der Waals surface area contributed by atoms with Crippen LogP contribution in [0.15, 0.2) is 18.2 Å². The Labute approximate surface area is 227 Å². The Morgan fingerprint density at radius 1 is 0.947 bits per heavy atom. The van der Waals surface area contributed by atoms with Gasteiger partial charge in [-0.05, 0) is 96.4 Å². The molecule has 3 saturated heterocycles. The molecule has 4 heterocycles. The van der Waals surface area contributed by atoms with Crippen molar-refractivity contribution >= 4 is 30.3 Å². The highest BCUT2D eigenvalue weighted by atomic mass is 16.7. The summed E-state index contributed by atoms with van der Waals surface area (Å²) in [4.78, 5) is 33.0. The van der Waals surface area contributed by atoms with Gasteiger partial charge in [0.05, 0.1) is 23.7 Å². The van der Waals surface area contributed by atoms with Gasteiger partial charge in [-0.15, -0.1) is 0 Å². The van der Waals surface area contributed by atoms with Crippen LogP contribution in [0.25, 0.3) is 0 Å². The lowest BCUT2D eigenvalue weighted by atomic mass is 9.71. The Balaban J connectivity index is 1.30. The molecule has 1 aromatic rings. The molecule has 0 aromatic heterocycles. The van der Waals surface area contributed by atoms with Crippen molar-refractivity contribution in [2.75, 3.05) is 38.2 Å². The summed E-state index contributed by atoms with van der Waals surface area (Å²) in [5, 5.41) is 0. The molecular weight excluding hydrogens is 481 g/mol. The molecule has 206 valence electrons. The molecule has 5 aliphatic rings. The minimum Gasteiger partial charge on any atom is -0.453 e. The van der Waals surface area contributed by atoms with Gasteiger partial charge < -0.3 is 28.7 Å². The number of carbonyl (C=O) groups excluding carboxylic acids is 2. The van der Waals surface area contributed by atoms with Gasteiger partial charge in [0.2, 0.25) is 5.91 Å². The fourth-order valence-electron chi connectivity index (χ4n) is 7.13. The average molecular weight is 523 g/mol. The molecule has 1 spiro atoms. The first-order valence-corrected chi connectivity index (χ1v) is 14.5. The summed E-state index contributed by atoms with van der Waals surface area (Å²) in [6.45, 7) is 11.7. The van der Waals surface area contributed by atoms with Crippen LogP contribution in [0.5, 0.6) is 0 Å². The molecule has 0 unspecified atom stereocenters. The number of carbonyl (C=O) groups is 2. The predicted molar refractivity (Wildman–Crippen MR) is 147 cm³/mol. The molecule has 0 N–H and O–H groups in total. The van der Waals surface area contributed by atoms with Crippen molar-refractivity contribution in [1.29, 1.82) is 0 Å². The van der Waals surface area contributed by atoms with Crippen LogP contribution in [0, 0.1) is 0 Å². The van der Waals surface area contributed by atoms with Crippen molar-refractivity contribution in [2.45, 2.75) is 101 Å². The normalized spacial score (nSPS) is 29.9. The van der Waals surface area contributed by atoms with Crippen molar-refractivity contribution in [1.82, 2.24) is 9.80 Å². The number of piperidine rings is 2. The molecule has 8 nitrogen and oxygen atoms in total. The molecular formula is C29H42BN3O5. The standard InChI is InChI=1S/C29H42BN3O5/c1-27(2)28(3,4)38-30(37-27)20-9-10-23-24(17-20)33(22-18-21(19-22)31-13-7-6-8-14-31)25(34)29(23)11-15-32(16-12-29)26(35)36-5/h9-10,17,21-22H,6-8,11-16,18-19H2,1-5H3/t21-,22+. The number of fused-ring (bicyclic) bond motifs is 2. The highest BCUT2D eigenvalue weighted by Crippen LogP contribution is 2.51. The Kier molecular flexibility index (Phi) is 6.36. The zero-order valence-electron chi connectivity index (χ0n) is 23.6. The molecule has 2 amide bonds. The maximum atomic E-state index is 14.4. The van der Waals surface area contributed by atoms with Crippen LogP contribution >= 0.6 is 0 Å². The van der Waals surface area contributed by atoms with Gasteiger partial charge in [0.25, 0.3) is 0 Å². The highest BCUT2D eigenvalue weighted by Gasteiger charge is 2.57. The third kappa shape index (κ3) is 3.99. The van der Waals surface area contributed by atoms with E-state index in [4.69, 9.17) is 14.0 Å². The van der Waals surface area contributed by atoms with Crippen LogP contribution in [-0.2, 0) is 24.3 Å². The summed E-state index contributed by atoms with van der Waals surface area (Å²) < 4.78 is 17.7. The van der Waals surface area contributed by atoms with Crippen molar-refractivity contribution in [3.63, 3.8) is 0 Å². The van der Waals surface area contributed by atoms with Gasteiger partial charge in [0.15, 0.2) is 0 Å². The van der Waals surface area contributed by atoms with E-state index in [1.54, 1.807) is 4.90 Å². The largest absolute Gasteiger partial charge is 0.494 e. The highest BCUT2D eigenvalue weighted by molar-refractivity contribution is 6.62. The lowest BCUT2D eigenvalue weighted by Gasteiger charge is -2.48. The number of amides is 2. The number of benzene rings is 1. The van der Waals surface area contributed by atoms with Crippen LogP contribution in [0.1, 0.15) is 78.2 Å². The summed E-state index contributed by atoms with van der Waals surface area (Å²) >= 11 is 0. The van der Waals surface area contributed by atoms with Gasteiger partial charge in [-0.3, -0.25) is 4.79 Å². The second-order valence-electron chi connectivity index (χ2n) is 13.0. The Hall–Kier alpha value is -2.10.